The molecule has 0 saturated carbocycles. The molecular formula is C28H31N7O3. The van der Waals surface area contributed by atoms with E-state index in [0.717, 1.165) is 29.3 Å². The van der Waals surface area contributed by atoms with E-state index in [2.05, 4.69) is 31.1 Å². The van der Waals surface area contributed by atoms with Crippen LogP contribution in [0, 0.1) is 0 Å². The van der Waals surface area contributed by atoms with Crippen molar-refractivity contribution in [2.75, 3.05) is 0 Å². The van der Waals surface area contributed by atoms with Crippen molar-refractivity contribution >= 4 is 28.5 Å². The van der Waals surface area contributed by atoms with Gasteiger partial charge in [-0.15, -0.1) is 5.10 Å². The molecule has 10 heteroatoms. The molecule has 0 aliphatic carbocycles. The van der Waals surface area contributed by atoms with Gasteiger partial charge >= 0.3 is 0 Å². The molecule has 0 saturated heterocycles. The van der Waals surface area contributed by atoms with Crippen molar-refractivity contribution in [1.29, 1.82) is 0 Å². The van der Waals surface area contributed by atoms with Gasteiger partial charge in [0.2, 0.25) is 5.91 Å². The number of rotatable bonds is 13. The van der Waals surface area contributed by atoms with Crippen molar-refractivity contribution < 1.29 is 14.4 Å². The number of fused-ring (bicyclic) bond motifs is 1. The first-order chi connectivity index (χ1) is 18.5. The van der Waals surface area contributed by atoms with Gasteiger partial charge in [0.15, 0.2) is 0 Å². The molecule has 10 nitrogen and oxygen atoms in total. The van der Waals surface area contributed by atoms with Gasteiger partial charge in [0.05, 0.1) is 16.8 Å². The minimum absolute atomic E-state index is 0.232. The Kier molecular flexibility index (Phi) is 9.22. The maximum absolute atomic E-state index is 13.3. The summed E-state index contributed by atoms with van der Waals surface area (Å²) in [6.07, 6.45) is 6.91. The first kappa shape index (κ1) is 26.6. The minimum Gasteiger partial charge on any atom is -0.350 e. The molecule has 2 aromatic heterocycles. The highest BCUT2D eigenvalue weighted by Gasteiger charge is 2.23. The zero-order chi connectivity index (χ0) is 26.7. The lowest BCUT2D eigenvalue weighted by Gasteiger charge is -2.19. The molecule has 0 aliphatic heterocycles. The van der Waals surface area contributed by atoms with E-state index in [0.29, 0.717) is 36.9 Å². The fourth-order valence-corrected chi connectivity index (χ4v) is 4.19. The molecular weight excluding hydrogens is 482 g/mol. The summed E-state index contributed by atoms with van der Waals surface area (Å²) < 4.78 is 1.40. The summed E-state index contributed by atoms with van der Waals surface area (Å²) in [5.41, 5.74) is 2.61. The molecule has 2 amide bonds. The lowest BCUT2D eigenvalue weighted by atomic mass is 10.0. The van der Waals surface area contributed by atoms with Gasteiger partial charge in [-0.05, 0) is 53.1 Å². The number of amides is 2. The number of unbranched alkanes of at least 4 members (excludes halogenated alkanes) is 2. The van der Waals surface area contributed by atoms with Crippen molar-refractivity contribution in [2.24, 2.45) is 0 Å². The van der Waals surface area contributed by atoms with Crippen LogP contribution < -0.4 is 10.6 Å². The summed E-state index contributed by atoms with van der Waals surface area (Å²) in [6, 6.07) is 16.0. The smallest absolute Gasteiger partial charge is 0.254 e. The molecule has 196 valence electrons. The maximum atomic E-state index is 13.3. The summed E-state index contributed by atoms with van der Waals surface area (Å²) in [5, 5.41) is 18.0. The number of benzene rings is 2. The number of para-hydroxylation sites is 2. The molecule has 1 atom stereocenters. The largest absolute Gasteiger partial charge is 0.350 e. The Morgan fingerprint density at radius 1 is 1.00 bits per heavy atom. The van der Waals surface area contributed by atoms with Crippen molar-refractivity contribution in [3.8, 4) is 5.69 Å². The Balaban J connectivity index is 1.44. The average molecular weight is 514 g/mol. The summed E-state index contributed by atoms with van der Waals surface area (Å²) in [4.78, 5) is 42.6. The highest BCUT2D eigenvalue weighted by atomic mass is 16.2. The zero-order valence-electron chi connectivity index (χ0n) is 21.3. The van der Waals surface area contributed by atoms with E-state index in [-0.39, 0.29) is 18.2 Å². The van der Waals surface area contributed by atoms with Crippen LogP contribution in [0.25, 0.3) is 16.6 Å². The number of nitrogens with one attached hydrogen (secondary N) is 2. The number of carbonyl (C=O) groups excluding carboxylic acids is 3. The number of Topliss-reactive ketones (excluding diaryl/α,β-unsaturated/α-hetero) is 1. The monoisotopic (exact) mass is 513 g/mol. The standard InChI is InChI=1S/C28H31N7O3/c1-2-22(36)11-4-3-5-14-25(28(38)30-18-20-16-21-10-6-8-13-24(21)29-17-20)32-27(37)23-12-7-9-15-26(23)35-19-31-33-34-35/h6-10,12-13,15-17,19,25H,2-5,11,14,18H2,1H3,(H,30,38)(H,32,37)/t25-/m0/s1. The number of hydrogen-bond acceptors (Lipinski definition) is 7. The Hall–Kier alpha value is -4.47. The average Bonchev–Trinajstić information content (AvgIpc) is 3.50. The Labute approximate surface area is 220 Å². The van der Waals surface area contributed by atoms with Crippen LogP contribution in [0.15, 0.2) is 67.1 Å². The molecule has 4 aromatic rings. The highest BCUT2D eigenvalue weighted by molar-refractivity contribution is 6.00. The second-order valence-corrected chi connectivity index (χ2v) is 9.04. The van der Waals surface area contributed by atoms with Gasteiger partial charge in [-0.1, -0.05) is 50.1 Å². The van der Waals surface area contributed by atoms with Gasteiger partial charge in [-0.3, -0.25) is 19.4 Å². The predicted molar refractivity (Wildman–Crippen MR) is 142 cm³/mol. The first-order valence-corrected chi connectivity index (χ1v) is 12.8. The Bertz CT molecular complexity index is 1390. The van der Waals surface area contributed by atoms with Crippen LogP contribution >= 0.6 is 0 Å². The van der Waals surface area contributed by atoms with Gasteiger partial charge in [-0.25, -0.2) is 0 Å². The number of ketones is 1. The second kappa shape index (κ2) is 13.2. The van der Waals surface area contributed by atoms with E-state index in [1.807, 2.05) is 37.3 Å². The van der Waals surface area contributed by atoms with Crippen molar-refractivity contribution in [3.05, 3.63) is 78.2 Å². The quantitative estimate of drug-likeness (QED) is 0.261. The van der Waals surface area contributed by atoms with E-state index < -0.39 is 11.9 Å². The minimum atomic E-state index is -0.750. The van der Waals surface area contributed by atoms with Gasteiger partial charge in [-0.2, -0.15) is 4.68 Å². The van der Waals surface area contributed by atoms with E-state index in [4.69, 9.17) is 0 Å². The normalized spacial score (nSPS) is 11.7. The van der Waals surface area contributed by atoms with Gasteiger partial charge in [0.25, 0.3) is 5.91 Å². The van der Waals surface area contributed by atoms with Crippen LogP contribution in [0.1, 0.15) is 61.4 Å². The summed E-state index contributed by atoms with van der Waals surface area (Å²) in [5.74, 6) is -0.448. The van der Waals surface area contributed by atoms with E-state index in [1.54, 1.807) is 30.5 Å². The highest BCUT2D eigenvalue weighted by Crippen LogP contribution is 2.15. The molecule has 2 aromatic carbocycles. The number of nitrogens with zero attached hydrogens (tertiary/aromatic N) is 5. The van der Waals surface area contributed by atoms with Gasteiger partial charge < -0.3 is 10.6 Å². The van der Waals surface area contributed by atoms with Gasteiger partial charge in [0.1, 0.15) is 18.2 Å². The fraction of sp³-hybridized carbons (Fsp3) is 0.321. The SMILES string of the molecule is CCC(=O)CCCCC[C@H](NC(=O)c1ccccc1-n1cnnn1)C(=O)NCc1cnc2ccccc2c1. The lowest BCUT2D eigenvalue weighted by molar-refractivity contribution is -0.123. The molecule has 38 heavy (non-hydrogen) atoms. The third-order valence-corrected chi connectivity index (χ3v) is 6.32. The zero-order valence-corrected chi connectivity index (χ0v) is 21.3. The summed E-state index contributed by atoms with van der Waals surface area (Å²) in [6.45, 7) is 2.14. The van der Waals surface area contributed by atoms with E-state index in [1.165, 1.54) is 11.0 Å². The molecule has 0 unspecified atom stereocenters. The van der Waals surface area contributed by atoms with E-state index >= 15 is 0 Å². The number of carbonyl (C=O) groups is 3. The second-order valence-electron chi connectivity index (χ2n) is 9.04. The van der Waals surface area contributed by atoms with Crippen LogP contribution in [0.3, 0.4) is 0 Å². The van der Waals surface area contributed by atoms with Crippen LogP contribution in [-0.2, 0) is 16.1 Å². The first-order valence-electron chi connectivity index (χ1n) is 12.8. The third kappa shape index (κ3) is 7.06. The Morgan fingerprint density at radius 2 is 1.82 bits per heavy atom. The molecule has 0 aliphatic rings. The van der Waals surface area contributed by atoms with Crippen molar-refractivity contribution in [2.45, 2.75) is 58.0 Å². The number of tetrazole rings is 1. The van der Waals surface area contributed by atoms with E-state index in [9.17, 15) is 14.4 Å². The topological polar surface area (TPSA) is 132 Å². The van der Waals surface area contributed by atoms with Crippen LogP contribution in [0.4, 0.5) is 0 Å². The van der Waals surface area contributed by atoms with Crippen LogP contribution in [-0.4, -0.2) is 48.8 Å². The van der Waals surface area contributed by atoms with Crippen molar-refractivity contribution in [1.82, 2.24) is 35.8 Å². The molecule has 2 N–H and O–H groups in total. The third-order valence-electron chi connectivity index (χ3n) is 6.32. The van der Waals surface area contributed by atoms with Crippen LogP contribution in [0.5, 0.6) is 0 Å². The number of hydrogen-bond donors (Lipinski definition) is 2. The van der Waals surface area contributed by atoms with Crippen LogP contribution in [0.2, 0.25) is 0 Å². The molecule has 0 fully saturated rings. The Morgan fingerprint density at radius 3 is 2.63 bits per heavy atom. The predicted octanol–water partition coefficient (Wildman–Crippen LogP) is 3.55. The molecule has 0 bridgehead atoms. The number of pyridine rings is 1. The summed E-state index contributed by atoms with van der Waals surface area (Å²) >= 11 is 0. The lowest BCUT2D eigenvalue weighted by Crippen LogP contribution is -2.46. The van der Waals surface area contributed by atoms with Gasteiger partial charge in [0, 0.05) is 31.0 Å². The van der Waals surface area contributed by atoms with Crippen molar-refractivity contribution in [3.63, 3.8) is 0 Å². The number of aromatic nitrogens is 5. The summed E-state index contributed by atoms with van der Waals surface area (Å²) in [7, 11) is 0. The molecule has 0 radical (unpaired) electrons. The maximum Gasteiger partial charge on any atom is 0.254 e. The molecule has 0 spiro atoms. The molecule has 4 rings (SSSR count). The molecule has 2 heterocycles. The fourth-order valence-electron chi connectivity index (χ4n) is 4.19.